The summed E-state index contributed by atoms with van der Waals surface area (Å²) < 4.78 is 33.1. The second kappa shape index (κ2) is 6.95. The van der Waals surface area contributed by atoms with E-state index in [2.05, 4.69) is 0 Å². The summed E-state index contributed by atoms with van der Waals surface area (Å²) in [4.78, 5) is 24.4. The first-order valence-electron chi connectivity index (χ1n) is 8.14. The highest BCUT2D eigenvalue weighted by atomic mass is 16.8. The van der Waals surface area contributed by atoms with Crippen molar-refractivity contribution in [3.8, 4) is 0 Å². The monoisotopic (exact) mass is 346 g/mol. The van der Waals surface area contributed by atoms with Crippen LogP contribution >= 0.6 is 0 Å². The smallest absolute Gasteiger partial charge is 0.338 e. The van der Waals surface area contributed by atoms with E-state index < -0.39 is 47.9 Å². The summed E-state index contributed by atoms with van der Waals surface area (Å²) in [5, 5.41) is 0. The van der Waals surface area contributed by atoms with Crippen molar-refractivity contribution in [1.82, 2.24) is 0 Å². The molecule has 0 N–H and O–H groups in total. The van der Waals surface area contributed by atoms with Gasteiger partial charge in [-0.05, 0) is 41.5 Å². The normalized spacial score (nSPS) is 34.1. The molecule has 0 aromatic rings. The number of rotatable bonds is 5. The van der Waals surface area contributed by atoms with Crippen LogP contribution in [0.15, 0.2) is 0 Å². The van der Waals surface area contributed by atoms with E-state index in [1.54, 1.807) is 41.5 Å². The van der Waals surface area contributed by atoms with Crippen LogP contribution in [0, 0.1) is 0 Å². The van der Waals surface area contributed by atoms with Crippen LogP contribution in [-0.2, 0) is 38.0 Å². The van der Waals surface area contributed by atoms with E-state index in [0.717, 1.165) is 0 Å². The lowest BCUT2D eigenvalue weighted by molar-refractivity contribution is -0.177. The molecule has 0 aliphatic carbocycles. The maximum atomic E-state index is 12.2. The molecule has 0 radical (unpaired) electrons. The van der Waals surface area contributed by atoms with E-state index in [-0.39, 0.29) is 13.2 Å². The molecule has 0 spiro atoms. The summed E-state index contributed by atoms with van der Waals surface area (Å²) in [6.07, 6.45) is -3.73. The highest BCUT2D eigenvalue weighted by molar-refractivity contribution is 5.78. The zero-order valence-corrected chi connectivity index (χ0v) is 15.0. The third-order valence-corrected chi connectivity index (χ3v) is 3.62. The maximum absolute atomic E-state index is 12.2. The van der Waals surface area contributed by atoms with Gasteiger partial charge in [0.15, 0.2) is 23.8 Å². The first-order chi connectivity index (χ1) is 11.1. The van der Waals surface area contributed by atoms with Gasteiger partial charge in [0.1, 0.15) is 12.2 Å². The third-order valence-electron chi connectivity index (χ3n) is 3.62. The molecular weight excluding hydrogens is 320 g/mol. The second-order valence-electron chi connectivity index (χ2n) is 6.55. The van der Waals surface area contributed by atoms with Crippen molar-refractivity contribution in [3.05, 3.63) is 0 Å². The average molecular weight is 346 g/mol. The third kappa shape index (κ3) is 4.05. The number of carbonyl (C=O) groups excluding carboxylic acids is 2. The van der Waals surface area contributed by atoms with E-state index in [4.69, 9.17) is 28.4 Å². The molecule has 2 rings (SSSR count). The van der Waals surface area contributed by atoms with Gasteiger partial charge >= 0.3 is 11.9 Å². The van der Waals surface area contributed by atoms with Gasteiger partial charge in [-0.1, -0.05) is 0 Å². The fourth-order valence-electron chi connectivity index (χ4n) is 2.87. The SMILES string of the molecule is CCOC(=O)C1OC(C)(C)O[C@H]1C1OC(C)(C)O[C@@H]1C(=O)OCC. The molecule has 0 saturated carbocycles. The van der Waals surface area contributed by atoms with Crippen LogP contribution < -0.4 is 0 Å². The standard InChI is InChI=1S/C16H26O8/c1-7-19-13(17)11-9(21-15(3,4)23-11)10-12(14(18)20-8-2)24-16(5,6)22-10/h9-12H,7-8H2,1-6H3/t9-,10?,11?,12-/m0/s1. The predicted molar refractivity (Wildman–Crippen MR) is 80.9 cm³/mol. The lowest BCUT2D eigenvalue weighted by atomic mass is 10.0. The summed E-state index contributed by atoms with van der Waals surface area (Å²) in [5.41, 5.74) is 0. The summed E-state index contributed by atoms with van der Waals surface area (Å²) in [6, 6.07) is 0. The Balaban J connectivity index is 2.26. The molecule has 0 bridgehead atoms. The summed E-state index contributed by atoms with van der Waals surface area (Å²) in [6.45, 7) is 10.5. The van der Waals surface area contributed by atoms with Crippen LogP contribution in [0.25, 0.3) is 0 Å². The molecule has 2 saturated heterocycles. The molecule has 2 aliphatic rings. The molecule has 2 aliphatic heterocycles. The van der Waals surface area contributed by atoms with Gasteiger partial charge in [0.2, 0.25) is 0 Å². The van der Waals surface area contributed by atoms with E-state index in [1.165, 1.54) is 0 Å². The Kier molecular flexibility index (Phi) is 5.54. The quantitative estimate of drug-likeness (QED) is 0.685. The molecule has 0 aromatic carbocycles. The van der Waals surface area contributed by atoms with Crippen LogP contribution in [-0.4, -0.2) is 61.1 Å². The van der Waals surface area contributed by atoms with Crippen molar-refractivity contribution in [2.75, 3.05) is 13.2 Å². The molecule has 8 nitrogen and oxygen atoms in total. The lowest BCUT2D eigenvalue weighted by Gasteiger charge is -2.24. The topological polar surface area (TPSA) is 89.5 Å². The van der Waals surface area contributed by atoms with Crippen molar-refractivity contribution in [3.63, 3.8) is 0 Å². The Bertz CT molecular complexity index is 442. The van der Waals surface area contributed by atoms with Crippen molar-refractivity contribution in [2.45, 2.75) is 77.5 Å². The van der Waals surface area contributed by atoms with Crippen molar-refractivity contribution in [1.29, 1.82) is 0 Å². The molecule has 138 valence electrons. The van der Waals surface area contributed by atoms with Crippen molar-refractivity contribution >= 4 is 11.9 Å². The molecule has 4 atom stereocenters. The minimum absolute atomic E-state index is 0.209. The lowest BCUT2D eigenvalue weighted by Crippen LogP contribution is -2.48. The minimum Gasteiger partial charge on any atom is -0.464 e. The fourth-order valence-corrected chi connectivity index (χ4v) is 2.87. The highest BCUT2D eigenvalue weighted by Crippen LogP contribution is 2.39. The summed E-state index contributed by atoms with van der Waals surface area (Å²) >= 11 is 0. The first-order valence-corrected chi connectivity index (χ1v) is 8.14. The van der Waals surface area contributed by atoms with Gasteiger partial charge in [-0.2, -0.15) is 0 Å². The van der Waals surface area contributed by atoms with Gasteiger partial charge in [-0.3, -0.25) is 0 Å². The van der Waals surface area contributed by atoms with Gasteiger partial charge in [0.25, 0.3) is 0 Å². The van der Waals surface area contributed by atoms with Crippen molar-refractivity contribution in [2.24, 2.45) is 0 Å². The zero-order chi connectivity index (χ0) is 18.1. The van der Waals surface area contributed by atoms with Crippen LogP contribution in [0.5, 0.6) is 0 Å². The number of esters is 2. The number of hydrogen-bond acceptors (Lipinski definition) is 8. The molecule has 24 heavy (non-hydrogen) atoms. The van der Waals surface area contributed by atoms with Gasteiger partial charge in [-0.25, -0.2) is 9.59 Å². The average Bonchev–Trinajstić information content (AvgIpc) is 2.95. The van der Waals surface area contributed by atoms with Gasteiger partial charge < -0.3 is 28.4 Å². The second-order valence-corrected chi connectivity index (χ2v) is 6.55. The Morgan fingerprint density at radius 3 is 1.38 bits per heavy atom. The van der Waals surface area contributed by atoms with Crippen LogP contribution in [0.2, 0.25) is 0 Å². The Morgan fingerprint density at radius 2 is 1.08 bits per heavy atom. The largest absolute Gasteiger partial charge is 0.464 e. The van der Waals surface area contributed by atoms with Crippen LogP contribution in [0.4, 0.5) is 0 Å². The van der Waals surface area contributed by atoms with E-state index >= 15 is 0 Å². The number of carbonyl (C=O) groups is 2. The Hall–Kier alpha value is -1.22. The predicted octanol–water partition coefficient (Wildman–Crippen LogP) is 1.15. The summed E-state index contributed by atoms with van der Waals surface area (Å²) in [5.74, 6) is -3.16. The number of ether oxygens (including phenoxy) is 6. The Labute approximate surface area is 141 Å². The van der Waals surface area contributed by atoms with E-state index in [0.29, 0.717) is 0 Å². The molecule has 2 unspecified atom stereocenters. The molecular formula is C16H26O8. The molecule has 0 amide bonds. The van der Waals surface area contributed by atoms with Gasteiger partial charge in [-0.15, -0.1) is 0 Å². The van der Waals surface area contributed by atoms with Gasteiger partial charge in [0.05, 0.1) is 13.2 Å². The van der Waals surface area contributed by atoms with E-state index in [1.807, 2.05) is 0 Å². The minimum atomic E-state index is -1.02. The number of hydrogen-bond donors (Lipinski definition) is 0. The van der Waals surface area contributed by atoms with Crippen LogP contribution in [0.1, 0.15) is 41.5 Å². The molecule has 0 aromatic heterocycles. The molecule has 2 fully saturated rings. The maximum Gasteiger partial charge on any atom is 0.338 e. The molecule has 2 heterocycles. The first kappa shape index (κ1) is 19.1. The highest BCUT2D eigenvalue weighted by Gasteiger charge is 2.58. The van der Waals surface area contributed by atoms with Gasteiger partial charge in [0, 0.05) is 0 Å². The van der Waals surface area contributed by atoms with Crippen LogP contribution in [0.3, 0.4) is 0 Å². The summed E-state index contributed by atoms with van der Waals surface area (Å²) in [7, 11) is 0. The fraction of sp³-hybridized carbons (Fsp3) is 0.875. The van der Waals surface area contributed by atoms with Crippen molar-refractivity contribution < 1.29 is 38.0 Å². The Morgan fingerprint density at radius 1 is 0.750 bits per heavy atom. The van der Waals surface area contributed by atoms with E-state index in [9.17, 15) is 9.59 Å². The molecule has 8 heteroatoms. The zero-order valence-electron chi connectivity index (χ0n) is 15.0.